The molecule has 0 N–H and O–H groups in total. The van der Waals surface area contributed by atoms with E-state index in [1.54, 1.807) is 12.1 Å². The van der Waals surface area contributed by atoms with Crippen molar-refractivity contribution in [3.8, 4) is 0 Å². The van der Waals surface area contributed by atoms with E-state index in [0.29, 0.717) is 11.1 Å². The second kappa shape index (κ2) is 4.19. The van der Waals surface area contributed by atoms with Gasteiger partial charge in [-0.05, 0) is 11.6 Å². The van der Waals surface area contributed by atoms with E-state index >= 15 is 0 Å². The second-order valence-electron chi connectivity index (χ2n) is 2.94. The summed E-state index contributed by atoms with van der Waals surface area (Å²) in [4.78, 5) is 19.4. The Balaban J connectivity index is 2.33. The summed E-state index contributed by atoms with van der Waals surface area (Å²) in [5, 5.41) is 0.139. The third kappa shape index (κ3) is 2.19. The zero-order valence-corrected chi connectivity index (χ0v) is 8.48. The van der Waals surface area contributed by atoms with Crippen LogP contribution in [0.4, 0.5) is 0 Å². The topological polar surface area (TPSA) is 42.9 Å². The van der Waals surface area contributed by atoms with Gasteiger partial charge in [0.05, 0.1) is 5.56 Å². The van der Waals surface area contributed by atoms with E-state index in [-0.39, 0.29) is 11.1 Å². The summed E-state index contributed by atoms with van der Waals surface area (Å²) >= 11 is 5.53. The predicted octanol–water partition coefficient (Wildman–Crippen LogP) is 2.36. The molecule has 0 aliphatic rings. The van der Waals surface area contributed by atoms with Gasteiger partial charge in [-0.15, -0.1) is 0 Å². The Hall–Kier alpha value is -1.74. The Bertz CT molecular complexity index is 468. The van der Waals surface area contributed by atoms with E-state index in [1.807, 2.05) is 18.2 Å². The van der Waals surface area contributed by atoms with Gasteiger partial charge in [-0.3, -0.25) is 4.79 Å². The summed E-state index contributed by atoms with van der Waals surface area (Å²) in [6.07, 6.45) is 2.84. The molecule has 0 saturated heterocycles. The van der Waals surface area contributed by atoms with Gasteiger partial charge in [-0.2, -0.15) is 0 Å². The van der Waals surface area contributed by atoms with Gasteiger partial charge in [0.2, 0.25) is 5.28 Å². The summed E-state index contributed by atoms with van der Waals surface area (Å²) in [6, 6.07) is 8.97. The average Bonchev–Trinajstić information content (AvgIpc) is 2.30. The van der Waals surface area contributed by atoms with Gasteiger partial charge in [0.25, 0.3) is 0 Å². The average molecular weight is 219 g/mol. The van der Waals surface area contributed by atoms with Gasteiger partial charge in [-0.1, -0.05) is 30.3 Å². The summed E-state index contributed by atoms with van der Waals surface area (Å²) in [5.74, 6) is -0.104. The molecule has 0 bridgehead atoms. The zero-order valence-electron chi connectivity index (χ0n) is 7.72. The standard InChI is InChI=1S/C11H7ClN2O/c12-11-13-6-9(7-14-11)10(15)8-4-2-1-3-5-8/h1-7H. The highest BCUT2D eigenvalue weighted by Crippen LogP contribution is 2.08. The lowest BCUT2D eigenvalue weighted by Gasteiger charge is -1.99. The molecule has 4 heteroatoms. The molecule has 1 aromatic heterocycles. The molecular formula is C11H7ClN2O. The normalized spacial score (nSPS) is 9.93. The quantitative estimate of drug-likeness (QED) is 0.574. The Labute approximate surface area is 91.8 Å². The minimum Gasteiger partial charge on any atom is -0.288 e. The lowest BCUT2D eigenvalue weighted by Crippen LogP contribution is -2.02. The predicted molar refractivity (Wildman–Crippen MR) is 56.9 cm³/mol. The van der Waals surface area contributed by atoms with E-state index < -0.39 is 0 Å². The lowest BCUT2D eigenvalue weighted by atomic mass is 10.1. The van der Waals surface area contributed by atoms with Crippen LogP contribution < -0.4 is 0 Å². The molecule has 74 valence electrons. The molecule has 1 aromatic carbocycles. The van der Waals surface area contributed by atoms with Crippen molar-refractivity contribution < 1.29 is 4.79 Å². The molecule has 1 heterocycles. The van der Waals surface area contributed by atoms with Crippen molar-refractivity contribution >= 4 is 17.4 Å². The molecule has 2 rings (SSSR count). The number of hydrogen-bond donors (Lipinski definition) is 0. The number of carbonyl (C=O) groups excluding carboxylic acids is 1. The second-order valence-corrected chi connectivity index (χ2v) is 3.27. The molecule has 0 radical (unpaired) electrons. The first-order valence-corrected chi connectivity index (χ1v) is 4.72. The van der Waals surface area contributed by atoms with Crippen molar-refractivity contribution in [3.63, 3.8) is 0 Å². The van der Waals surface area contributed by atoms with Crippen molar-refractivity contribution in [2.45, 2.75) is 0 Å². The van der Waals surface area contributed by atoms with E-state index in [4.69, 9.17) is 11.6 Å². The van der Waals surface area contributed by atoms with Gasteiger partial charge in [0.1, 0.15) is 0 Å². The van der Waals surface area contributed by atoms with Gasteiger partial charge in [0.15, 0.2) is 5.78 Å². The fourth-order valence-corrected chi connectivity index (χ4v) is 1.28. The van der Waals surface area contributed by atoms with E-state index in [1.165, 1.54) is 12.4 Å². The van der Waals surface area contributed by atoms with Crippen molar-refractivity contribution in [2.24, 2.45) is 0 Å². The summed E-state index contributed by atoms with van der Waals surface area (Å²) in [6.45, 7) is 0. The van der Waals surface area contributed by atoms with Crippen LogP contribution in [-0.2, 0) is 0 Å². The molecule has 0 aliphatic heterocycles. The lowest BCUT2D eigenvalue weighted by molar-refractivity contribution is 0.103. The summed E-state index contributed by atoms with van der Waals surface area (Å²) in [5.41, 5.74) is 1.05. The smallest absolute Gasteiger partial charge is 0.222 e. The molecule has 0 fully saturated rings. The van der Waals surface area contributed by atoms with Crippen molar-refractivity contribution in [3.05, 3.63) is 59.1 Å². The first kappa shape index (κ1) is 9.80. The number of aromatic nitrogens is 2. The highest BCUT2D eigenvalue weighted by Gasteiger charge is 2.08. The number of rotatable bonds is 2. The van der Waals surface area contributed by atoms with Gasteiger partial charge >= 0.3 is 0 Å². The fourth-order valence-electron chi connectivity index (χ4n) is 1.19. The highest BCUT2D eigenvalue weighted by molar-refractivity contribution is 6.28. The van der Waals surface area contributed by atoms with Crippen LogP contribution in [0.5, 0.6) is 0 Å². The van der Waals surface area contributed by atoms with Gasteiger partial charge in [0, 0.05) is 18.0 Å². The fraction of sp³-hybridized carbons (Fsp3) is 0. The Morgan fingerprint density at radius 3 is 2.20 bits per heavy atom. The molecule has 0 unspecified atom stereocenters. The van der Waals surface area contributed by atoms with Crippen molar-refractivity contribution in [2.75, 3.05) is 0 Å². The molecule has 0 atom stereocenters. The highest BCUT2D eigenvalue weighted by atomic mass is 35.5. The van der Waals surface area contributed by atoms with Crippen LogP contribution >= 0.6 is 11.6 Å². The summed E-state index contributed by atoms with van der Waals surface area (Å²) in [7, 11) is 0. The number of hydrogen-bond acceptors (Lipinski definition) is 3. The maximum Gasteiger partial charge on any atom is 0.222 e. The number of ketones is 1. The Kier molecular flexibility index (Phi) is 2.74. The van der Waals surface area contributed by atoms with Crippen molar-refractivity contribution in [1.82, 2.24) is 9.97 Å². The third-order valence-electron chi connectivity index (χ3n) is 1.92. The molecule has 0 amide bonds. The Morgan fingerprint density at radius 2 is 1.60 bits per heavy atom. The molecule has 15 heavy (non-hydrogen) atoms. The number of carbonyl (C=O) groups is 1. The number of halogens is 1. The van der Waals surface area contributed by atoms with Crippen LogP contribution in [0.25, 0.3) is 0 Å². The molecular weight excluding hydrogens is 212 g/mol. The van der Waals surface area contributed by atoms with Crippen LogP contribution in [-0.4, -0.2) is 15.8 Å². The maximum atomic E-state index is 11.8. The SMILES string of the molecule is O=C(c1ccccc1)c1cnc(Cl)nc1. The van der Waals surface area contributed by atoms with E-state index in [2.05, 4.69) is 9.97 Å². The summed E-state index contributed by atoms with van der Waals surface area (Å²) < 4.78 is 0. The molecule has 0 spiro atoms. The molecule has 3 nitrogen and oxygen atoms in total. The number of nitrogens with zero attached hydrogens (tertiary/aromatic N) is 2. The van der Waals surface area contributed by atoms with Crippen LogP contribution in [0, 0.1) is 0 Å². The van der Waals surface area contributed by atoms with Crippen LogP contribution in [0.15, 0.2) is 42.7 Å². The molecule has 0 saturated carbocycles. The third-order valence-corrected chi connectivity index (χ3v) is 2.11. The monoisotopic (exact) mass is 218 g/mol. The maximum absolute atomic E-state index is 11.8. The molecule has 2 aromatic rings. The zero-order chi connectivity index (χ0) is 10.7. The minimum absolute atomic E-state index is 0.104. The van der Waals surface area contributed by atoms with Crippen LogP contribution in [0.2, 0.25) is 5.28 Å². The Morgan fingerprint density at radius 1 is 1.00 bits per heavy atom. The minimum atomic E-state index is -0.104. The van der Waals surface area contributed by atoms with Crippen molar-refractivity contribution in [1.29, 1.82) is 0 Å². The molecule has 0 aliphatic carbocycles. The first-order chi connectivity index (χ1) is 7.27. The van der Waals surface area contributed by atoms with E-state index in [9.17, 15) is 4.79 Å². The van der Waals surface area contributed by atoms with Gasteiger partial charge in [-0.25, -0.2) is 9.97 Å². The number of benzene rings is 1. The first-order valence-electron chi connectivity index (χ1n) is 4.34. The van der Waals surface area contributed by atoms with Crippen LogP contribution in [0.3, 0.4) is 0 Å². The van der Waals surface area contributed by atoms with Gasteiger partial charge < -0.3 is 0 Å². The largest absolute Gasteiger partial charge is 0.288 e. The van der Waals surface area contributed by atoms with Crippen LogP contribution in [0.1, 0.15) is 15.9 Å². The van der Waals surface area contributed by atoms with E-state index in [0.717, 1.165) is 0 Å².